The van der Waals surface area contributed by atoms with Crippen LogP contribution in [0.15, 0.2) is 35.9 Å². The van der Waals surface area contributed by atoms with Crippen LogP contribution in [0.3, 0.4) is 0 Å². The number of aliphatic hydroxyl groups is 5. The third-order valence-electron chi connectivity index (χ3n) is 19.1. The average molecular weight is 824 g/mol. The Morgan fingerprint density at radius 2 is 1.53 bits per heavy atom. The van der Waals surface area contributed by atoms with Gasteiger partial charge in [0.2, 0.25) is 0 Å². The van der Waals surface area contributed by atoms with Crippen molar-refractivity contribution in [1.82, 2.24) is 5.32 Å². The standard InChI is InChI=1S/C48H73NO10/c1-42(27-50)17-19-48(41(55)56)20-18-45(4)31(32(48)21-42)13-14-35-43(2)22-34(57-25-30-11-9-29(10-12-30)24-49-6)39(59-40-38(54)37(53)33(52)26-58-40)44(3,28-51)36(43)23-47(46(35,45)5)15-7-8-16-47/h9-13,32-40,49-54H,7-8,14-28H2,1-6H3,(H,55,56)/t32-,33+,34+,35+,36-,37-,38+,39+,40-,42-,43+,44-,45+,46+,48-/m0/s1. The predicted molar refractivity (Wildman–Crippen MR) is 222 cm³/mol. The Labute approximate surface area is 351 Å². The van der Waals surface area contributed by atoms with Gasteiger partial charge in [0.05, 0.1) is 37.4 Å². The molecule has 1 spiro atoms. The average Bonchev–Trinajstić information content (AvgIpc) is 3.70. The number of aliphatic carboxylic acids is 1. The summed E-state index contributed by atoms with van der Waals surface area (Å²) in [4.78, 5) is 13.4. The van der Waals surface area contributed by atoms with Crippen molar-refractivity contribution in [2.24, 2.45) is 55.7 Å². The van der Waals surface area contributed by atoms with Gasteiger partial charge in [0.1, 0.15) is 18.3 Å². The molecule has 5 saturated carbocycles. The first-order valence-corrected chi connectivity index (χ1v) is 22.7. The van der Waals surface area contributed by atoms with Gasteiger partial charge in [-0.15, -0.1) is 0 Å². The van der Waals surface area contributed by atoms with Crippen LogP contribution in [0.4, 0.5) is 0 Å². The highest BCUT2D eigenvalue weighted by Crippen LogP contribution is 2.82. The first-order chi connectivity index (χ1) is 27.9. The molecule has 7 aliphatic rings. The van der Waals surface area contributed by atoms with E-state index in [1.54, 1.807) is 0 Å². The maximum atomic E-state index is 13.4. The molecule has 0 bridgehead atoms. The van der Waals surface area contributed by atoms with Crippen molar-refractivity contribution in [2.75, 3.05) is 26.9 Å². The van der Waals surface area contributed by atoms with Gasteiger partial charge in [-0.2, -0.15) is 0 Å². The number of aliphatic hydroxyl groups excluding tert-OH is 5. The molecular weight excluding hydrogens is 751 g/mol. The van der Waals surface area contributed by atoms with E-state index in [2.05, 4.69) is 70.3 Å². The maximum absolute atomic E-state index is 13.4. The lowest BCUT2D eigenvalue weighted by atomic mass is 9.28. The van der Waals surface area contributed by atoms with Crippen molar-refractivity contribution >= 4 is 5.97 Å². The molecule has 0 radical (unpaired) electrons. The van der Waals surface area contributed by atoms with Gasteiger partial charge in [-0.3, -0.25) is 4.79 Å². The van der Waals surface area contributed by atoms with Crippen molar-refractivity contribution < 1.29 is 49.6 Å². The van der Waals surface area contributed by atoms with Crippen molar-refractivity contribution in [3.05, 3.63) is 47.0 Å². The summed E-state index contributed by atoms with van der Waals surface area (Å²) in [5, 5.41) is 68.9. The minimum atomic E-state index is -1.48. The third-order valence-corrected chi connectivity index (χ3v) is 19.1. The van der Waals surface area contributed by atoms with Gasteiger partial charge in [-0.05, 0) is 127 Å². The number of allylic oxidation sites excluding steroid dienone is 2. The maximum Gasteiger partial charge on any atom is 0.310 e. The molecule has 0 aromatic heterocycles. The quantitative estimate of drug-likeness (QED) is 0.113. The van der Waals surface area contributed by atoms with Gasteiger partial charge < -0.3 is 50.2 Å². The SMILES string of the molecule is CNCc1ccc(CO[C@@H]2C[C@@]3(C)[C@H](CC4(CCCC4)[C@]4(C)[C@@H]3CC=C3[C@@H]5C[C@@](C)(CO)CC[C@]5(C(=O)O)CC[C@]34C)[C@](C)(CO)[C@@H]2O[C@@H]2OC[C@@H](O)[C@H](O)[C@H]2O)cc1. The fraction of sp³-hybridized carbons (Fsp3) is 0.812. The molecule has 11 nitrogen and oxygen atoms in total. The van der Waals surface area contributed by atoms with Crippen LogP contribution >= 0.6 is 0 Å². The Hall–Kier alpha value is -1.93. The van der Waals surface area contributed by atoms with Crippen LogP contribution in [-0.4, -0.2) is 100 Å². The lowest BCUT2D eigenvalue weighted by Gasteiger charge is -2.77. The Morgan fingerprint density at radius 3 is 2.17 bits per heavy atom. The van der Waals surface area contributed by atoms with Crippen molar-refractivity contribution in [1.29, 1.82) is 0 Å². The highest BCUT2D eigenvalue weighted by Gasteiger charge is 2.77. The van der Waals surface area contributed by atoms with Crippen molar-refractivity contribution in [3.8, 4) is 0 Å². The number of hydrogen-bond donors (Lipinski definition) is 7. The number of rotatable bonds is 10. The summed E-state index contributed by atoms with van der Waals surface area (Å²) < 4.78 is 19.7. The normalized spacial score (nSPS) is 47.7. The lowest BCUT2D eigenvalue weighted by molar-refractivity contribution is -0.341. The second-order valence-electron chi connectivity index (χ2n) is 21.8. The molecule has 6 fully saturated rings. The molecule has 11 heteroatoms. The molecule has 1 saturated heterocycles. The summed E-state index contributed by atoms with van der Waals surface area (Å²) >= 11 is 0. The van der Waals surface area contributed by atoms with E-state index in [0.29, 0.717) is 38.7 Å². The molecule has 6 aliphatic carbocycles. The lowest BCUT2D eigenvalue weighted by Crippen LogP contribution is -2.73. The van der Waals surface area contributed by atoms with Crippen LogP contribution < -0.4 is 5.32 Å². The topological polar surface area (TPSA) is 178 Å². The van der Waals surface area contributed by atoms with E-state index in [1.807, 2.05) is 7.05 Å². The summed E-state index contributed by atoms with van der Waals surface area (Å²) in [6.45, 7) is 12.5. The molecule has 1 aliphatic heterocycles. The van der Waals surface area contributed by atoms with Gasteiger partial charge in [-0.25, -0.2) is 0 Å². The van der Waals surface area contributed by atoms with Crippen LogP contribution in [0, 0.1) is 55.7 Å². The number of fused-ring (bicyclic) bond motifs is 8. The van der Waals surface area contributed by atoms with Crippen LogP contribution in [0.5, 0.6) is 0 Å². The fourth-order valence-corrected chi connectivity index (χ4v) is 15.5. The van der Waals surface area contributed by atoms with Gasteiger partial charge in [0.15, 0.2) is 6.29 Å². The van der Waals surface area contributed by atoms with Crippen molar-refractivity contribution in [3.63, 3.8) is 0 Å². The van der Waals surface area contributed by atoms with Crippen molar-refractivity contribution in [2.45, 2.75) is 162 Å². The Kier molecular flexibility index (Phi) is 11.4. The number of nitrogens with one attached hydrogen (secondary N) is 1. The fourth-order valence-electron chi connectivity index (χ4n) is 15.5. The molecule has 59 heavy (non-hydrogen) atoms. The number of carbonyl (C=O) groups is 1. The Bertz CT molecular complexity index is 1750. The highest BCUT2D eigenvalue weighted by atomic mass is 16.7. The molecule has 15 atom stereocenters. The predicted octanol–water partition coefficient (Wildman–Crippen LogP) is 5.73. The zero-order valence-corrected chi connectivity index (χ0v) is 36.4. The number of hydrogen-bond acceptors (Lipinski definition) is 10. The molecule has 7 N–H and O–H groups in total. The number of benzene rings is 1. The van der Waals surface area contributed by atoms with Gasteiger partial charge in [0.25, 0.3) is 0 Å². The van der Waals surface area contributed by atoms with E-state index < -0.39 is 53.6 Å². The monoisotopic (exact) mass is 824 g/mol. The smallest absolute Gasteiger partial charge is 0.310 e. The summed E-state index contributed by atoms with van der Waals surface area (Å²) in [5.41, 5.74) is 0.658. The summed E-state index contributed by atoms with van der Waals surface area (Å²) in [6, 6.07) is 8.35. The minimum Gasteiger partial charge on any atom is -0.481 e. The second kappa shape index (κ2) is 15.4. The number of ether oxygens (including phenoxy) is 3. The van der Waals surface area contributed by atoms with E-state index in [4.69, 9.17) is 14.2 Å². The van der Waals surface area contributed by atoms with E-state index in [9.17, 15) is 35.4 Å². The number of carboxylic acid groups (broad SMARTS) is 1. The molecule has 0 unspecified atom stereocenters. The molecule has 330 valence electrons. The van der Waals surface area contributed by atoms with Crippen LogP contribution in [0.25, 0.3) is 0 Å². The summed E-state index contributed by atoms with van der Waals surface area (Å²) in [7, 11) is 1.92. The third kappa shape index (κ3) is 6.40. The van der Waals surface area contributed by atoms with E-state index >= 15 is 0 Å². The van der Waals surface area contributed by atoms with Gasteiger partial charge in [0, 0.05) is 18.6 Å². The van der Waals surface area contributed by atoms with Crippen LogP contribution in [-0.2, 0) is 32.2 Å². The van der Waals surface area contributed by atoms with Gasteiger partial charge in [-0.1, -0.05) is 83.4 Å². The first-order valence-electron chi connectivity index (χ1n) is 22.7. The molecule has 1 aromatic rings. The highest BCUT2D eigenvalue weighted by molar-refractivity contribution is 5.76. The summed E-state index contributed by atoms with van der Waals surface area (Å²) in [5.74, 6) is -0.625. The van der Waals surface area contributed by atoms with Crippen LogP contribution in [0.1, 0.15) is 123 Å². The van der Waals surface area contributed by atoms with E-state index in [-0.39, 0.29) is 64.6 Å². The summed E-state index contributed by atoms with van der Waals surface area (Å²) in [6.07, 6.45) is 6.02. The zero-order chi connectivity index (χ0) is 42.4. The van der Waals surface area contributed by atoms with E-state index in [1.165, 1.54) is 11.1 Å². The Balaban J connectivity index is 1.23. The zero-order valence-electron chi connectivity index (χ0n) is 36.4. The Morgan fingerprint density at radius 1 is 0.847 bits per heavy atom. The van der Waals surface area contributed by atoms with Gasteiger partial charge >= 0.3 is 5.97 Å². The van der Waals surface area contributed by atoms with Crippen LogP contribution in [0.2, 0.25) is 0 Å². The van der Waals surface area contributed by atoms with E-state index in [0.717, 1.165) is 57.1 Å². The number of carboxylic acids is 1. The molecular formula is C48H73NO10. The molecule has 1 heterocycles. The largest absolute Gasteiger partial charge is 0.481 e. The molecule has 8 rings (SSSR count). The molecule has 0 amide bonds. The second-order valence-corrected chi connectivity index (χ2v) is 21.8. The first kappa shape index (κ1) is 43.7. The molecule has 1 aromatic carbocycles. The minimum absolute atomic E-state index is 0.00529.